The lowest BCUT2D eigenvalue weighted by Gasteiger charge is -2.58. The highest BCUT2D eigenvalue weighted by molar-refractivity contribution is 5.26. The van der Waals surface area contributed by atoms with E-state index in [0.29, 0.717) is 10.8 Å². The first-order valence-corrected chi connectivity index (χ1v) is 14.2. The molecule has 0 aromatic carbocycles. The number of allylic oxidation sites excluding steroid dienone is 1. The molecule has 31 heavy (non-hydrogen) atoms. The van der Waals surface area contributed by atoms with E-state index >= 15 is 0 Å². The third-order valence-corrected chi connectivity index (χ3v) is 11.0. The van der Waals surface area contributed by atoms with Crippen molar-refractivity contribution in [3.05, 3.63) is 11.6 Å². The van der Waals surface area contributed by atoms with Gasteiger partial charge in [0.15, 0.2) is 0 Å². The fraction of sp³-hybridized carbons (Fsp3) is 0.933. The molecule has 0 heterocycles. The van der Waals surface area contributed by atoms with Crippen LogP contribution in [0.25, 0.3) is 0 Å². The number of rotatable bonds is 8. The Balaban J connectivity index is 1.45. The molecule has 4 rings (SSSR count). The first kappa shape index (κ1) is 23.8. The highest BCUT2D eigenvalue weighted by Gasteiger charge is 2.59. The molecule has 4 aliphatic carbocycles. The molecule has 0 aromatic rings. The number of hydrogen-bond donors (Lipinski definition) is 1. The predicted octanol–water partition coefficient (Wildman–Crippen LogP) is 8.40. The normalized spacial score (nSPS) is 43.2. The quantitative estimate of drug-likeness (QED) is 0.383. The molecule has 0 bridgehead atoms. The molecule has 0 radical (unpaired) electrons. The molecule has 1 N–H and O–H groups in total. The minimum absolute atomic E-state index is 0.510. The second-order valence-electron chi connectivity index (χ2n) is 13.2. The summed E-state index contributed by atoms with van der Waals surface area (Å²) in [6, 6.07) is 0.743. The minimum Gasteiger partial charge on any atom is -0.314 e. The van der Waals surface area contributed by atoms with E-state index in [-0.39, 0.29) is 0 Å². The summed E-state index contributed by atoms with van der Waals surface area (Å²) in [7, 11) is 0. The summed E-state index contributed by atoms with van der Waals surface area (Å²) in [6.07, 6.45) is 20.0. The van der Waals surface area contributed by atoms with Gasteiger partial charge in [-0.25, -0.2) is 0 Å². The Bertz CT molecular complexity index is 634. The van der Waals surface area contributed by atoms with Crippen molar-refractivity contribution in [2.24, 2.45) is 46.3 Å². The Kier molecular flexibility index (Phi) is 7.32. The van der Waals surface area contributed by atoms with Crippen molar-refractivity contribution in [2.75, 3.05) is 6.54 Å². The molecule has 178 valence electrons. The van der Waals surface area contributed by atoms with Crippen molar-refractivity contribution in [3.63, 3.8) is 0 Å². The van der Waals surface area contributed by atoms with Gasteiger partial charge in [-0.15, -0.1) is 0 Å². The van der Waals surface area contributed by atoms with Crippen LogP contribution in [0, 0.1) is 46.3 Å². The average Bonchev–Trinajstić information content (AvgIpc) is 3.09. The van der Waals surface area contributed by atoms with Gasteiger partial charge in [0, 0.05) is 6.04 Å². The SMILES string of the molecule is CCCN[C@H]1CCC2(C)C(=CCC3C2CCC2(C)C3CCC2[C@H](C)CCCC(C)C)C1. The van der Waals surface area contributed by atoms with E-state index in [1.54, 1.807) is 0 Å². The second-order valence-corrected chi connectivity index (χ2v) is 13.2. The fourth-order valence-electron chi connectivity index (χ4n) is 9.21. The first-order valence-electron chi connectivity index (χ1n) is 14.2. The highest BCUT2D eigenvalue weighted by Crippen LogP contribution is 2.67. The highest BCUT2D eigenvalue weighted by atomic mass is 14.9. The van der Waals surface area contributed by atoms with Gasteiger partial charge < -0.3 is 5.32 Å². The van der Waals surface area contributed by atoms with Crippen LogP contribution in [0.5, 0.6) is 0 Å². The Labute approximate surface area is 194 Å². The van der Waals surface area contributed by atoms with E-state index < -0.39 is 0 Å². The van der Waals surface area contributed by atoms with E-state index in [4.69, 9.17) is 0 Å². The van der Waals surface area contributed by atoms with Crippen LogP contribution in [0.15, 0.2) is 11.6 Å². The third-order valence-electron chi connectivity index (χ3n) is 11.0. The molecule has 8 atom stereocenters. The molecule has 1 heteroatoms. The molecule has 3 saturated carbocycles. The molecule has 0 saturated heterocycles. The minimum atomic E-state index is 0.510. The van der Waals surface area contributed by atoms with Crippen LogP contribution < -0.4 is 5.32 Å². The maximum Gasteiger partial charge on any atom is 0.0105 e. The predicted molar refractivity (Wildman–Crippen MR) is 135 cm³/mol. The van der Waals surface area contributed by atoms with E-state index in [2.05, 4.69) is 52.9 Å². The van der Waals surface area contributed by atoms with Gasteiger partial charge in [-0.2, -0.15) is 0 Å². The van der Waals surface area contributed by atoms with E-state index in [9.17, 15) is 0 Å². The zero-order chi connectivity index (χ0) is 22.2. The topological polar surface area (TPSA) is 12.0 Å². The van der Waals surface area contributed by atoms with Crippen LogP contribution in [-0.4, -0.2) is 12.6 Å². The molecule has 0 amide bonds. The summed E-state index contributed by atoms with van der Waals surface area (Å²) >= 11 is 0. The molecular formula is C30H53N. The lowest BCUT2D eigenvalue weighted by molar-refractivity contribution is -0.0514. The smallest absolute Gasteiger partial charge is 0.0105 e. The molecule has 0 aliphatic heterocycles. The third kappa shape index (κ3) is 4.43. The molecule has 0 aromatic heterocycles. The van der Waals surface area contributed by atoms with Crippen LogP contribution in [-0.2, 0) is 0 Å². The maximum atomic E-state index is 3.84. The van der Waals surface area contributed by atoms with E-state index in [1.165, 1.54) is 83.6 Å². The van der Waals surface area contributed by atoms with Gasteiger partial charge in [-0.1, -0.05) is 72.5 Å². The van der Waals surface area contributed by atoms with Crippen molar-refractivity contribution < 1.29 is 0 Å². The Morgan fingerprint density at radius 1 is 1.00 bits per heavy atom. The molecular weight excluding hydrogens is 374 g/mol. The van der Waals surface area contributed by atoms with Crippen LogP contribution in [0.3, 0.4) is 0 Å². The van der Waals surface area contributed by atoms with Gasteiger partial charge in [0.1, 0.15) is 0 Å². The largest absolute Gasteiger partial charge is 0.314 e. The zero-order valence-electron chi connectivity index (χ0n) is 21.8. The van der Waals surface area contributed by atoms with Gasteiger partial charge >= 0.3 is 0 Å². The lowest BCUT2D eigenvalue weighted by Crippen LogP contribution is -2.51. The van der Waals surface area contributed by atoms with Gasteiger partial charge in [-0.3, -0.25) is 0 Å². The molecule has 1 nitrogen and oxygen atoms in total. The van der Waals surface area contributed by atoms with Gasteiger partial charge in [0.2, 0.25) is 0 Å². The van der Waals surface area contributed by atoms with Crippen molar-refractivity contribution >= 4 is 0 Å². The van der Waals surface area contributed by atoms with E-state index in [1.807, 2.05) is 5.57 Å². The van der Waals surface area contributed by atoms with E-state index in [0.717, 1.165) is 41.5 Å². The van der Waals surface area contributed by atoms with Crippen LogP contribution in [0.1, 0.15) is 119 Å². The molecule has 6 unspecified atom stereocenters. The summed E-state index contributed by atoms with van der Waals surface area (Å²) in [5.74, 6) is 5.71. The maximum absolute atomic E-state index is 3.84. The Hall–Kier alpha value is -0.300. The van der Waals surface area contributed by atoms with Crippen molar-refractivity contribution in [1.82, 2.24) is 5.32 Å². The zero-order valence-corrected chi connectivity index (χ0v) is 21.8. The molecule has 3 fully saturated rings. The van der Waals surface area contributed by atoms with Crippen molar-refractivity contribution in [3.8, 4) is 0 Å². The van der Waals surface area contributed by atoms with Gasteiger partial charge in [-0.05, 0) is 111 Å². The van der Waals surface area contributed by atoms with Crippen LogP contribution >= 0.6 is 0 Å². The first-order chi connectivity index (χ1) is 14.8. The number of fused-ring (bicyclic) bond motifs is 5. The lowest BCUT2D eigenvalue weighted by atomic mass is 9.47. The van der Waals surface area contributed by atoms with Crippen LogP contribution in [0.4, 0.5) is 0 Å². The summed E-state index contributed by atoms with van der Waals surface area (Å²) in [4.78, 5) is 0. The summed E-state index contributed by atoms with van der Waals surface area (Å²) < 4.78 is 0. The number of hydrogen-bond acceptors (Lipinski definition) is 1. The van der Waals surface area contributed by atoms with Gasteiger partial charge in [0.05, 0.1) is 0 Å². The summed E-state index contributed by atoms with van der Waals surface area (Å²) in [5.41, 5.74) is 2.98. The van der Waals surface area contributed by atoms with Crippen LogP contribution in [0.2, 0.25) is 0 Å². The average molecular weight is 428 g/mol. The molecule has 0 spiro atoms. The monoisotopic (exact) mass is 427 g/mol. The Morgan fingerprint density at radius 2 is 1.81 bits per heavy atom. The standard InChI is InChI=1S/C30H53N/c1-7-19-31-24-15-17-29(5)23(20-24)11-12-25-27-14-13-26(22(4)10-8-9-21(2)3)30(27,6)18-16-28(25)29/h11,21-22,24-28,31H,7-10,12-20H2,1-6H3/t22-,24+,25?,26?,27?,28?,29?,30?/m1/s1. The fourth-order valence-corrected chi connectivity index (χ4v) is 9.21. The summed E-state index contributed by atoms with van der Waals surface area (Å²) in [6.45, 7) is 16.3. The summed E-state index contributed by atoms with van der Waals surface area (Å²) in [5, 5.41) is 3.84. The van der Waals surface area contributed by atoms with Gasteiger partial charge in [0.25, 0.3) is 0 Å². The Morgan fingerprint density at radius 3 is 2.55 bits per heavy atom. The molecule has 4 aliphatic rings. The number of nitrogens with one attached hydrogen (secondary N) is 1. The second kappa shape index (κ2) is 9.52. The van der Waals surface area contributed by atoms with Crippen molar-refractivity contribution in [2.45, 2.75) is 125 Å². The van der Waals surface area contributed by atoms with Crippen molar-refractivity contribution in [1.29, 1.82) is 0 Å².